The third kappa shape index (κ3) is 4.84. The van der Waals surface area contributed by atoms with Crippen molar-refractivity contribution >= 4 is 17.5 Å². The molecule has 0 bridgehead atoms. The maximum Gasteiger partial charge on any atom is 0.262 e. The van der Waals surface area contributed by atoms with Gasteiger partial charge in [-0.2, -0.15) is 0 Å². The van der Waals surface area contributed by atoms with E-state index < -0.39 is 5.91 Å². The Hall–Kier alpha value is -2.82. The van der Waals surface area contributed by atoms with Crippen LogP contribution in [0.15, 0.2) is 48.5 Å². The molecule has 0 aliphatic heterocycles. The molecule has 2 aromatic carbocycles. The molecule has 5 heteroatoms. The highest BCUT2D eigenvalue weighted by molar-refractivity contribution is 5.93. The molecule has 1 atom stereocenters. The van der Waals surface area contributed by atoms with Crippen LogP contribution in [0.4, 0.5) is 5.69 Å². The molecule has 0 aromatic heterocycles. The van der Waals surface area contributed by atoms with Crippen molar-refractivity contribution in [1.82, 2.24) is 0 Å². The van der Waals surface area contributed by atoms with E-state index in [0.29, 0.717) is 17.2 Å². The van der Waals surface area contributed by atoms with E-state index in [0.717, 1.165) is 12.1 Å². The zero-order valence-electron chi connectivity index (χ0n) is 13.9. The highest BCUT2D eigenvalue weighted by Crippen LogP contribution is 2.20. The minimum absolute atomic E-state index is 0.108. The van der Waals surface area contributed by atoms with Crippen LogP contribution in [0.3, 0.4) is 0 Å². The summed E-state index contributed by atoms with van der Waals surface area (Å²) in [6, 6.07) is 14.2. The lowest BCUT2D eigenvalue weighted by Gasteiger charge is -2.11. The normalized spacial score (nSPS) is 11.6. The zero-order valence-corrected chi connectivity index (χ0v) is 13.9. The molecule has 2 rings (SSSR count). The molecular formula is C19H22N2O3. The third-order valence-corrected chi connectivity index (χ3v) is 3.88. The number of hydrogen-bond acceptors (Lipinski definition) is 3. The van der Waals surface area contributed by atoms with Crippen molar-refractivity contribution in [3.63, 3.8) is 0 Å². The molecule has 0 saturated heterocycles. The molecule has 0 aliphatic carbocycles. The Kier molecular flexibility index (Phi) is 5.95. The summed E-state index contributed by atoms with van der Waals surface area (Å²) in [6.45, 7) is 4.21. The molecule has 126 valence electrons. The second kappa shape index (κ2) is 8.15. The maximum absolute atomic E-state index is 11.9. The molecule has 2 aromatic rings. The van der Waals surface area contributed by atoms with Crippen LogP contribution in [0.25, 0.3) is 0 Å². The van der Waals surface area contributed by atoms with Gasteiger partial charge in [-0.05, 0) is 54.3 Å². The standard InChI is InChI=1S/C19H22N2O3/c1-3-13(2)14-4-8-16(9-5-14)21-18(22)12-24-17-10-6-15(7-11-17)19(20)23/h4-11,13H,3,12H2,1-2H3,(H2,20,23)(H,21,22)/t13-/m0/s1. The molecule has 0 aliphatic rings. The number of amides is 2. The van der Waals surface area contributed by atoms with Crippen LogP contribution in [0.2, 0.25) is 0 Å². The van der Waals surface area contributed by atoms with Gasteiger partial charge in [-0.25, -0.2) is 0 Å². The Morgan fingerprint density at radius 3 is 2.25 bits per heavy atom. The van der Waals surface area contributed by atoms with Gasteiger partial charge >= 0.3 is 0 Å². The van der Waals surface area contributed by atoms with E-state index in [1.807, 2.05) is 24.3 Å². The summed E-state index contributed by atoms with van der Waals surface area (Å²) in [5.74, 6) is 0.258. The molecule has 24 heavy (non-hydrogen) atoms. The Morgan fingerprint density at radius 2 is 1.71 bits per heavy atom. The van der Waals surface area contributed by atoms with Gasteiger partial charge in [0.2, 0.25) is 5.91 Å². The minimum Gasteiger partial charge on any atom is -0.484 e. The van der Waals surface area contributed by atoms with E-state index in [-0.39, 0.29) is 12.5 Å². The Labute approximate surface area is 141 Å². The molecule has 5 nitrogen and oxygen atoms in total. The molecule has 0 spiro atoms. The topological polar surface area (TPSA) is 81.4 Å². The van der Waals surface area contributed by atoms with Crippen molar-refractivity contribution < 1.29 is 14.3 Å². The molecule has 0 radical (unpaired) electrons. The van der Waals surface area contributed by atoms with E-state index in [4.69, 9.17) is 10.5 Å². The van der Waals surface area contributed by atoms with Crippen LogP contribution >= 0.6 is 0 Å². The first kappa shape index (κ1) is 17.5. The molecule has 0 saturated carbocycles. The highest BCUT2D eigenvalue weighted by atomic mass is 16.5. The number of carbonyl (C=O) groups excluding carboxylic acids is 2. The first-order valence-corrected chi connectivity index (χ1v) is 7.92. The quantitative estimate of drug-likeness (QED) is 0.819. The molecule has 2 amide bonds. The fourth-order valence-electron chi connectivity index (χ4n) is 2.19. The van der Waals surface area contributed by atoms with Crippen LogP contribution in [0, 0.1) is 0 Å². The van der Waals surface area contributed by atoms with Crippen molar-refractivity contribution in [2.45, 2.75) is 26.2 Å². The van der Waals surface area contributed by atoms with Gasteiger partial charge in [-0.1, -0.05) is 26.0 Å². The summed E-state index contributed by atoms with van der Waals surface area (Å²) in [4.78, 5) is 22.9. The van der Waals surface area contributed by atoms with Gasteiger partial charge < -0.3 is 15.8 Å². The van der Waals surface area contributed by atoms with Gasteiger partial charge in [0.25, 0.3) is 5.91 Å². The number of rotatable bonds is 7. The lowest BCUT2D eigenvalue weighted by atomic mass is 9.99. The number of primary amides is 1. The van der Waals surface area contributed by atoms with Crippen LogP contribution in [0.1, 0.15) is 42.1 Å². The van der Waals surface area contributed by atoms with Crippen molar-refractivity contribution in [2.24, 2.45) is 5.73 Å². The van der Waals surface area contributed by atoms with Gasteiger partial charge in [0.1, 0.15) is 5.75 Å². The summed E-state index contributed by atoms with van der Waals surface area (Å²) in [7, 11) is 0. The fraction of sp³-hybridized carbons (Fsp3) is 0.263. The van der Waals surface area contributed by atoms with Gasteiger partial charge in [-0.15, -0.1) is 0 Å². The number of anilines is 1. The monoisotopic (exact) mass is 326 g/mol. The van der Waals surface area contributed by atoms with Crippen LogP contribution in [-0.4, -0.2) is 18.4 Å². The smallest absolute Gasteiger partial charge is 0.262 e. The SMILES string of the molecule is CC[C@H](C)c1ccc(NC(=O)COc2ccc(C(N)=O)cc2)cc1. The van der Waals surface area contributed by atoms with Crippen molar-refractivity contribution in [2.75, 3.05) is 11.9 Å². The van der Waals surface area contributed by atoms with E-state index >= 15 is 0 Å². The number of nitrogens with two attached hydrogens (primary N) is 1. The second-order valence-corrected chi connectivity index (χ2v) is 5.66. The van der Waals surface area contributed by atoms with E-state index in [1.54, 1.807) is 24.3 Å². The highest BCUT2D eigenvalue weighted by Gasteiger charge is 2.06. The van der Waals surface area contributed by atoms with Gasteiger partial charge in [0.15, 0.2) is 6.61 Å². The average molecular weight is 326 g/mol. The first-order valence-electron chi connectivity index (χ1n) is 7.92. The summed E-state index contributed by atoms with van der Waals surface area (Å²) in [6.07, 6.45) is 1.08. The number of nitrogens with one attached hydrogen (secondary N) is 1. The van der Waals surface area contributed by atoms with E-state index in [1.165, 1.54) is 5.56 Å². The number of carbonyl (C=O) groups is 2. The van der Waals surface area contributed by atoms with E-state index in [9.17, 15) is 9.59 Å². The number of ether oxygens (including phenoxy) is 1. The minimum atomic E-state index is -0.500. The maximum atomic E-state index is 11.9. The fourth-order valence-corrected chi connectivity index (χ4v) is 2.19. The van der Waals surface area contributed by atoms with Crippen LogP contribution in [-0.2, 0) is 4.79 Å². The Morgan fingerprint density at radius 1 is 1.08 bits per heavy atom. The van der Waals surface area contributed by atoms with Gasteiger partial charge in [0, 0.05) is 11.3 Å². The molecule has 0 heterocycles. The van der Waals surface area contributed by atoms with E-state index in [2.05, 4.69) is 19.2 Å². The van der Waals surface area contributed by atoms with Crippen LogP contribution in [0.5, 0.6) is 5.75 Å². The first-order chi connectivity index (χ1) is 11.5. The van der Waals surface area contributed by atoms with Crippen molar-refractivity contribution in [1.29, 1.82) is 0 Å². The summed E-state index contributed by atoms with van der Waals surface area (Å²) in [5.41, 5.74) is 7.55. The lowest BCUT2D eigenvalue weighted by molar-refractivity contribution is -0.118. The summed E-state index contributed by atoms with van der Waals surface area (Å²) >= 11 is 0. The number of hydrogen-bond donors (Lipinski definition) is 2. The molecule has 0 fully saturated rings. The summed E-state index contributed by atoms with van der Waals surface area (Å²) in [5, 5.41) is 2.79. The van der Waals surface area contributed by atoms with Crippen LogP contribution < -0.4 is 15.8 Å². The second-order valence-electron chi connectivity index (χ2n) is 5.66. The Balaban J connectivity index is 1.85. The average Bonchev–Trinajstić information content (AvgIpc) is 2.60. The predicted molar refractivity (Wildman–Crippen MR) is 94.2 cm³/mol. The zero-order chi connectivity index (χ0) is 17.5. The third-order valence-electron chi connectivity index (χ3n) is 3.88. The van der Waals surface area contributed by atoms with Crippen molar-refractivity contribution in [3.8, 4) is 5.75 Å². The molecule has 3 N–H and O–H groups in total. The molecular weight excluding hydrogens is 304 g/mol. The Bertz CT molecular complexity index is 694. The van der Waals surface area contributed by atoms with Gasteiger partial charge in [0.05, 0.1) is 0 Å². The largest absolute Gasteiger partial charge is 0.484 e. The molecule has 0 unspecified atom stereocenters. The lowest BCUT2D eigenvalue weighted by Crippen LogP contribution is -2.20. The number of benzene rings is 2. The van der Waals surface area contributed by atoms with Crippen molar-refractivity contribution in [3.05, 3.63) is 59.7 Å². The predicted octanol–water partition coefficient (Wildman–Crippen LogP) is 3.32. The van der Waals surface area contributed by atoms with Gasteiger partial charge in [-0.3, -0.25) is 9.59 Å². The summed E-state index contributed by atoms with van der Waals surface area (Å²) < 4.78 is 5.39.